The standard InChI is InChI=1S/C21H22N4O2/c26-20(25-13-11-24(12-14-25)17-5-2-1-3-6-17)9-8-16-15-19-18(21(27)23-16)7-4-10-22-19/h1-7,10,15H,8-9,11-14H2,(H,23,27). The molecule has 3 aromatic rings. The first-order chi connectivity index (χ1) is 13.2. The minimum absolute atomic E-state index is 0.129. The van der Waals surface area contributed by atoms with Gasteiger partial charge in [0.05, 0.1) is 10.9 Å². The number of aromatic nitrogens is 2. The smallest absolute Gasteiger partial charge is 0.257 e. The third kappa shape index (κ3) is 3.84. The number of carbonyl (C=O) groups excluding carboxylic acids is 1. The largest absolute Gasteiger partial charge is 0.368 e. The molecule has 6 nitrogen and oxygen atoms in total. The fraction of sp³-hybridized carbons (Fsp3) is 0.286. The predicted octanol–water partition coefficient (Wildman–Crippen LogP) is 2.20. The average molecular weight is 362 g/mol. The van der Waals surface area contributed by atoms with Crippen LogP contribution in [-0.2, 0) is 11.2 Å². The normalized spacial score (nSPS) is 14.5. The van der Waals surface area contributed by atoms with Crippen LogP contribution < -0.4 is 10.5 Å². The molecule has 0 radical (unpaired) electrons. The van der Waals surface area contributed by atoms with E-state index in [0.29, 0.717) is 23.7 Å². The van der Waals surface area contributed by atoms with Crippen LogP contribution in [-0.4, -0.2) is 47.0 Å². The summed E-state index contributed by atoms with van der Waals surface area (Å²) in [7, 11) is 0. The molecule has 1 aromatic carbocycles. The van der Waals surface area contributed by atoms with Gasteiger partial charge in [0.2, 0.25) is 5.91 Å². The number of amides is 1. The van der Waals surface area contributed by atoms with Gasteiger partial charge in [-0.3, -0.25) is 14.6 Å². The van der Waals surface area contributed by atoms with Gasteiger partial charge in [0.1, 0.15) is 0 Å². The molecule has 1 N–H and O–H groups in total. The Labute approximate surface area is 157 Å². The van der Waals surface area contributed by atoms with E-state index in [2.05, 4.69) is 27.0 Å². The van der Waals surface area contributed by atoms with Crippen molar-refractivity contribution in [3.63, 3.8) is 0 Å². The Hall–Kier alpha value is -3.15. The second-order valence-corrected chi connectivity index (χ2v) is 6.76. The number of H-pyrrole nitrogens is 1. The lowest BCUT2D eigenvalue weighted by atomic mass is 10.1. The molecule has 1 saturated heterocycles. The Bertz CT molecular complexity index is 992. The Kier molecular flexibility index (Phi) is 4.87. The Morgan fingerprint density at radius 1 is 1.04 bits per heavy atom. The number of nitrogens with one attached hydrogen (secondary N) is 1. The minimum Gasteiger partial charge on any atom is -0.368 e. The first-order valence-corrected chi connectivity index (χ1v) is 9.25. The van der Waals surface area contributed by atoms with E-state index in [1.54, 1.807) is 18.3 Å². The van der Waals surface area contributed by atoms with E-state index in [9.17, 15) is 9.59 Å². The highest BCUT2D eigenvalue weighted by Gasteiger charge is 2.21. The van der Waals surface area contributed by atoms with Gasteiger partial charge in [-0.15, -0.1) is 0 Å². The molecule has 2 aromatic heterocycles. The summed E-state index contributed by atoms with van der Waals surface area (Å²) in [6, 6.07) is 15.6. The molecule has 6 heteroatoms. The zero-order valence-corrected chi connectivity index (χ0v) is 15.1. The Morgan fingerprint density at radius 3 is 2.59 bits per heavy atom. The van der Waals surface area contributed by atoms with E-state index in [4.69, 9.17) is 0 Å². The molecule has 1 aliphatic heterocycles. The average Bonchev–Trinajstić information content (AvgIpc) is 2.73. The Morgan fingerprint density at radius 2 is 1.81 bits per heavy atom. The van der Waals surface area contributed by atoms with Crippen LogP contribution in [0.15, 0.2) is 59.5 Å². The van der Waals surface area contributed by atoms with Crippen molar-refractivity contribution >= 4 is 22.5 Å². The summed E-state index contributed by atoms with van der Waals surface area (Å²) in [6.45, 7) is 3.13. The molecule has 0 bridgehead atoms. The maximum absolute atomic E-state index is 12.6. The second kappa shape index (κ2) is 7.61. The van der Waals surface area contributed by atoms with Crippen molar-refractivity contribution in [2.24, 2.45) is 0 Å². The molecule has 0 unspecified atom stereocenters. The molecular weight excluding hydrogens is 340 g/mol. The molecule has 4 rings (SSSR count). The van der Waals surface area contributed by atoms with Crippen LogP contribution in [0.1, 0.15) is 12.1 Å². The van der Waals surface area contributed by atoms with Gasteiger partial charge in [-0.05, 0) is 36.8 Å². The number of pyridine rings is 2. The molecule has 0 aliphatic carbocycles. The van der Waals surface area contributed by atoms with Crippen LogP contribution in [0.4, 0.5) is 5.69 Å². The molecule has 138 valence electrons. The number of nitrogens with zero attached hydrogens (tertiary/aromatic N) is 3. The minimum atomic E-state index is -0.153. The van der Waals surface area contributed by atoms with Gasteiger partial charge in [-0.2, -0.15) is 0 Å². The van der Waals surface area contributed by atoms with E-state index in [1.807, 2.05) is 29.2 Å². The number of para-hydroxylation sites is 1. The lowest BCUT2D eigenvalue weighted by Crippen LogP contribution is -2.48. The van der Waals surface area contributed by atoms with Crippen LogP contribution in [0.5, 0.6) is 0 Å². The number of hydrogen-bond donors (Lipinski definition) is 1. The number of benzene rings is 1. The number of piperazine rings is 1. The zero-order chi connectivity index (χ0) is 18.6. The third-order valence-corrected chi connectivity index (χ3v) is 5.03. The molecule has 1 fully saturated rings. The quantitative estimate of drug-likeness (QED) is 0.773. The van der Waals surface area contributed by atoms with E-state index in [-0.39, 0.29) is 11.5 Å². The first kappa shape index (κ1) is 17.3. The topological polar surface area (TPSA) is 69.3 Å². The van der Waals surface area contributed by atoms with Crippen LogP contribution in [0, 0.1) is 0 Å². The van der Waals surface area contributed by atoms with Crippen molar-refractivity contribution in [2.75, 3.05) is 31.1 Å². The van der Waals surface area contributed by atoms with Crippen LogP contribution in [0.25, 0.3) is 10.9 Å². The highest BCUT2D eigenvalue weighted by molar-refractivity contribution is 5.78. The number of aromatic amines is 1. The SMILES string of the molecule is O=C(CCc1cc2ncccc2c(=O)[nH]1)N1CCN(c2ccccc2)CC1. The number of hydrogen-bond acceptors (Lipinski definition) is 4. The van der Waals surface area contributed by atoms with Gasteiger partial charge in [-0.1, -0.05) is 18.2 Å². The Balaban J connectivity index is 1.34. The van der Waals surface area contributed by atoms with Crippen molar-refractivity contribution in [1.29, 1.82) is 0 Å². The molecule has 3 heterocycles. The summed E-state index contributed by atoms with van der Waals surface area (Å²) in [6.07, 6.45) is 2.57. The zero-order valence-electron chi connectivity index (χ0n) is 15.1. The third-order valence-electron chi connectivity index (χ3n) is 5.03. The molecule has 0 spiro atoms. The summed E-state index contributed by atoms with van der Waals surface area (Å²) in [5.41, 5.74) is 2.47. The van der Waals surface area contributed by atoms with E-state index in [1.165, 1.54) is 5.69 Å². The van der Waals surface area contributed by atoms with Gasteiger partial charge < -0.3 is 14.8 Å². The predicted molar refractivity (Wildman–Crippen MR) is 106 cm³/mol. The van der Waals surface area contributed by atoms with E-state index >= 15 is 0 Å². The molecule has 1 aliphatic rings. The summed E-state index contributed by atoms with van der Waals surface area (Å²) in [4.78, 5) is 36.0. The van der Waals surface area contributed by atoms with Gasteiger partial charge in [0.15, 0.2) is 0 Å². The maximum Gasteiger partial charge on any atom is 0.257 e. The maximum atomic E-state index is 12.6. The second-order valence-electron chi connectivity index (χ2n) is 6.76. The summed E-state index contributed by atoms with van der Waals surface area (Å²) < 4.78 is 0. The van der Waals surface area contributed by atoms with Crippen molar-refractivity contribution in [2.45, 2.75) is 12.8 Å². The molecule has 0 saturated carbocycles. The van der Waals surface area contributed by atoms with Gasteiger partial charge >= 0.3 is 0 Å². The van der Waals surface area contributed by atoms with Crippen molar-refractivity contribution in [3.05, 3.63) is 70.8 Å². The molecule has 0 atom stereocenters. The number of anilines is 1. The van der Waals surface area contributed by atoms with Crippen molar-refractivity contribution < 1.29 is 4.79 Å². The number of fused-ring (bicyclic) bond motifs is 1. The van der Waals surface area contributed by atoms with Crippen LogP contribution in [0.2, 0.25) is 0 Å². The first-order valence-electron chi connectivity index (χ1n) is 9.25. The van der Waals surface area contributed by atoms with Crippen LogP contribution in [0.3, 0.4) is 0 Å². The van der Waals surface area contributed by atoms with Gasteiger partial charge in [0.25, 0.3) is 5.56 Å². The molecule has 27 heavy (non-hydrogen) atoms. The summed E-state index contributed by atoms with van der Waals surface area (Å²) >= 11 is 0. The fourth-order valence-electron chi connectivity index (χ4n) is 3.53. The molecular formula is C21H22N4O2. The van der Waals surface area contributed by atoms with E-state index in [0.717, 1.165) is 31.9 Å². The van der Waals surface area contributed by atoms with Gasteiger partial charge in [-0.25, -0.2) is 0 Å². The highest BCUT2D eigenvalue weighted by Crippen LogP contribution is 2.16. The lowest BCUT2D eigenvalue weighted by Gasteiger charge is -2.36. The number of aryl methyl sites for hydroxylation is 1. The van der Waals surface area contributed by atoms with Crippen molar-refractivity contribution in [3.8, 4) is 0 Å². The summed E-state index contributed by atoms with van der Waals surface area (Å²) in [5, 5.41) is 0.574. The van der Waals surface area contributed by atoms with E-state index < -0.39 is 0 Å². The van der Waals surface area contributed by atoms with Crippen LogP contribution >= 0.6 is 0 Å². The van der Waals surface area contributed by atoms with Crippen molar-refractivity contribution in [1.82, 2.24) is 14.9 Å². The van der Waals surface area contributed by atoms with Gasteiger partial charge in [0, 0.05) is 50.2 Å². The lowest BCUT2D eigenvalue weighted by molar-refractivity contribution is -0.131. The monoisotopic (exact) mass is 362 g/mol. The molecule has 1 amide bonds. The highest BCUT2D eigenvalue weighted by atomic mass is 16.2. The summed E-state index contributed by atoms with van der Waals surface area (Å²) in [5.74, 6) is 0.129. The number of carbonyl (C=O) groups is 1. The fourth-order valence-corrected chi connectivity index (χ4v) is 3.53. The number of rotatable bonds is 4.